The highest BCUT2D eigenvalue weighted by Gasteiger charge is 2.21. The number of aliphatic hydroxyl groups is 2. The second-order valence-electron chi connectivity index (χ2n) is 3.91. The SMILES string of the molecule is Cc1cccc2[nH]cc(C(O)C(O)CCl)c12. The van der Waals surface area contributed by atoms with E-state index in [0.29, 0.717) is 5.56 Å². The summed E-state index contributed by atoms with van der Waals surface area (Å²) in [6.07, 6.45) is -0.175. The lowest BCUT2D eigenvalue weighted by atomic mass is 10.0. The topological polar surface area (TPSA) is 56.2 Å². The molecule has 2 unspecified atom stereocenters. The number of H-pyrrole nitrogens is 1. The summed E-state index contributed by atoms with van der Waals surface area (Å²) in [5.41, 5.74) is 2.71. The predicted octanol–water partition coefficient (Wildman–Crippen LogP) is 2.11. The highest BCUT2D eigenvalue weighted by molar-refractivity contribution is 6.18. The molecule has 16 heavy (non-hydrogen) atoms. The Morgan fingerprint density at radius 3 is 2.81 bits per heavy atom. The van der Waals surface area contributed by atoms with Crippen molar-refractivity contribution in [1.29, 1.82) is 0 Å². The van der Waals surface area contributed by atoms with Gasteiger partial charge in [-0.25, -0.2) is 0 Å². The molecule has 0 aliphatic rings. The summed E-state index contributed by atoms with van der Waals surface area (Å²) in [5.74, 6) is 0.0136. The van der Waals surface area contributed by atoms with E-state index in [0.717, 1.165) is 16.5 Å². The Labute approximate surface area is 98.7 Å². The van der Waals surface area contributed by atoms with Gasteiger partial charge in [0, 0.05) is 22.7 Å². The minimum absolute atomic E-state index is 0.0136. The normalized spacial score (nSPS) is 15.2. The summed E-state index contributed by atoms with van der Waals surface area (Å²) in [4.78, 5) is 3.07. The van der Waals surface area contributed by atoms with Crippen LogP contribution in [0, 0.1) is 6.92 Å². The number of halogens is 1. The van der Waals surface area contributed by atoms with E-state index in [1.807, 2.05) is 25.1 Å². The fraction of sp³-hybridized carbons (Fsp3) is 0.333. The number of alkyl halides is 1. The zero-order valence-electron chi connectivity index (χ0n) is 8.94. The zero-order valence-corrected chi connectivity index (χ0v) is 9.70. The maximum Gasteiger partial charge on any atom is 0.108 e. The predicted molar refractivity (Wildman–Crippen MR) is 64.7 cm³/mol. The molecule has 2 aromatic rings. The molecular weight excluding hydrogens is 226 g/mol. The summed E-state index contributed by atoms with van der Waals surface area (Å²) < 4.78 is 0. The highest BCUT2D eigenvalue weighted by atomic mass is 35.5. The molecule has 3 nitrogen and oxygen atoms in total. The molecule has 2 atom stereocenters. The van der Waals surface area contributed by atoms with Crippen LogP contribution in [0.25, 0.3) is 10.9 Å². The third-order valence-corrected chi connectivity index (χ3v) is 3.10. The van der Waals surface area contributed by atoms with Crippen molar-refractivity contribution < 1.29 is 10.2 Å². The maximum atomic E-state index is 9.95. The average molecular weight is 240 g/mol. The van der Waals surface area contributed by atoms with E-state index in [1.165, 1.54) is 0 Å². The van der Waals surface area contributed by atoms with Gasteiger partial charge < -0.3 is 15.2 Å². The molecule has 0 spiro atoms. The standard InChI is InChI=1S/C12H14ClNO2/c1-7-3-2-4-9-11(7)8(6-14-9)12(16)10(15)5-13/h2-4,6,10,12,14-16H,5H2,1H3. The molecule has 0 aliphatic heterocycles. The first kappa shape index (κ1) is 11.5. The fourth-order valence-corrected chi connectivity index (χ4v) is 2.09. The van der Waals surface area contributed by atoms with Gasteiger partial charge in [-0.15, -0.1) is 11.6 Å². The van der Waals surface area contributed by atoms with Crippen LogP contribution in [-0.2, 0) is 0 Å². The van der Waals surface area contributed by atoms with E-state index >= 15 is 0 Å². The van der Waals surface area contributed by atoms with Gasteiger partial charge in [0.25, 0.3) is 0 Å². The first-order valence-electron chi connectivity index (χ1n) is 5.14. The van der Waals surface area contributed by atoms with E-state index in [9.17, 15) is 10.2 Å². The summed E-state index contributed by atoms with van der Waals surface area (Å²) in [6, 6.07) is 5.85. The summed E-state index contributed by atoms with van der Waals surface area (Å²) in [5, 5.41) is 20.5. The smallest absolute Gasteiger partial charge is 0.108 e. The molecule has 2 rings (SSSR count). The number of aryl methyl sites for hydroxylation is 1. The Kier molecular flexibility index (Phi) is 3.19. The van der Waals surface area contributed by atoms with Gasteiger partial charge in [0.15, 0.2) is 0 Å². The van der Waals surface area contributed by atoms with E-state index in [-0.39, 0.29) is 5.88 Å². The van der Waals surface area contributed by atoms with Crippen molar-refractivity contribution >= 4 is 22.5 Å². The van der Waals surface area contributed by atoms with Crippen molar-refractivity contribution in [2.24, 2.45) is 0 Å². The van der Waals surface area contributed by atoms with Crippen LogP contribution in [0.5, 0.6) is 0 Å². The Morgan fingerprint density at radius 2 is 2.12 bits per heavy atom. The van der Waals surface area contributed by atoms with Crippen LogP contribution in [0.1, 0.15) is 17.2 Å². The van der Waals surface area contributed by atoms with Crippen molar-refractivity contribution in [2.75, 3.05) is 5.88 Å². The lowest BCUT2D eigenvalue weighted by Gasteiger charge is -2.15. The molecule has 0 radical (unpaired) electrons. The fourth-order valence-electron chi connectivity index (χ4n) is 1.92. The third kappa shape index (κ3) is 1.82. The van der Waals surface area contributed by atoms with Gasteiger partial charge in [-0.05, 0) is 18.6 Å². The van der Waals surface area contributed by atoms with Crippen LogP contribution in [0.15, 0.2) is 24.4 Å². The molecule has 0 fully saturated rings. The molecule has 1 aromatic carbocycles. The van der Waals surface area contributed by atoms with E-state index in [4.69, 9.17) is 11.6 Å². The number of fused-ring (bicyclic) bond motifs is 1. The van der Waals surface area contributed by atoms with Crippen LogP contribution in [-0.4, -0.2) is 27.2 Å². The highest BCUT2D eigenvalue weighted by Crippen LogP contribution is 2.28. The molecule has 0 saturated carbocycles. The van der Waals surface area contributed by atoms with Crippen molar-refractivity contribution in [1.82, 2.24) is 4.98 Å². The third-order valence-electron chi connectivity index (χ3n) is 2.79. The Bertz CT molecular complexity index is 495. The molecule has 0 aliphatic carbocycles. The number of nitrogens with one attached hydrogen (secondary N) is 1. The van der Waals surface area contributed by atoms with Crippen LogP contribution >= 0.6 is 11.6 Å². The van der Waals surface area contributed by atoms with Crippen molar-refractivity contribution in [3.05, 3.63) is 35.5 Å². The van der Waals surface area contributed by atoms with Gasteiger partial charge in [0.2, 0.25) is 0 Å². The van der Waals surface area contributed by atoms with E-state index in [2.05, 4.69) is 4.98 Å². The number of hydrogen-bond donors (Lipinski definition) is 3. The second kappa shape index (κ2) is 4.45. The molecule has 1 heterocycles. The van der Waals surface area contributed by atoms with E-state index < -0.39 is 12.2 Å². The molecule has 3 N–H and O–H groups in total. The van der Waals surface area contributed by atoms with Gasteiger partial charge in [0.1, 0.15) is 6.10 Å². The molecule has 4 heteroatoms. The number of aromatic nitrogens is 1. The van der Waals surface area contributed by atoms with Crippen molar-refractivity contribution in [2.45, 2.75) is 19.1 Å². The number of benzene rings is 1. The number of aliphatic hydroxyl groups excluding tert-OH is 2. The number of rotatable bonds is 3. The molecule has 0 bridgehead atoms. The number of aromatic amines is 1. The van der Waals surface area contributed by atoms with Gasteiger partial charge in [-0.2, -0.15) is 0 Å². The molecular formula is C12H14ClNO2. The van der Waals surface area contributed by atoms with Gasteiger partial charge >= 0.3 is 0 Å². The first-order valence-corrected chi connectivity index (χ1v) is 5.67. The molecule has 0 amide bonds. The Hall–Kier alpha value is -1.03. The second-order valence-corrected chi connectivity index (χ2v) is 4.22. The van der Waals surface area contributed by atoms with Crippen LogP contribution in [0.3, 0.4) is 0 Å². The van der Waals surface area contributed by atoms with Gasteiger partial charge in [-0.3, -0.25) is 0 Å². The largest absolute Gasteiger partial charge is 0.389 e. The minimum Gasteiger partial charge on any atom is -0.389 e. The summed E-state index contributed by atoms with van der Waals surface area (Å²) >= 11 is 5.53. The van der Waals surface area contributed by atoms with Gasteiger partial charge in [-0.1, -0.05) is 12.1 Å². The quantitative estimate of drug-likeness (QED) is 0.719. The average Bonchev–Trinajstić information content (AvgIpc) is 2.72. The Balaban J connectivity index is 2.53. The van der Waals surface area contributed by atoms with Crippen molar-refractivity contribution in [3.63, 3.8) is 0 Å². The van der Waals surface area contributed by atoms with E-state index in [1.54, 1.807) is 6.20 Å². The van der Waals surface area contributed by atoms with Crippen LogP contribution < -0.4 is 0 Å². The zero-order chi connectivity index (χ0) is 11.7. The lowest BCUT2D eigenvalue weighted by Crippen LogP contribution is -2.19. The molecule has 0 saturated heterocycles. The minimum atomic E-state index is -0.952. The monoisotopic (exact) mass is 239 g/mol. The van der Waals surface area contributed by atoms with Crippen molar-refractivity contribution in [3.8, 4) is 0 Å². The van der Waals surface area contributed by atoms with Crippen LogP contribution in [0.4, 0.5) is 0 Å². The maximum absolute atomic E-state index is 9.95. The summed E-state index contributed by atoms with van der Waals surface area (Å²) in [7, 11) is 0. The van der Waals surface area contributed by atoms with Crippen LogP contribution in [0.2, 0.25) is 0 Å². The van der Waals surface area contributed by atoms with Gasteiger partial charge in [0.05, 0.1) is 12.0 Å². The molecule has 86 valence electrons. The molecule has 1 aromatic heterocycles. The number of hydrogen-bond acceptors (Lipinski definition) is 2. The first-order chi connectivity index (χ1) is 7.65. The Morgan fingerprint density at radius 1 is 1.38 bits per heavy atom. The summed E-state index contributed by atoms with van der Waals surface area (Å²) in [6.45, 7) is 1.97. The lowest BCUT2D eigenvalue weighted by molar-refractivity contribution is 0.0336.